The SMILES string of the molecule is CCCCN(CCO)CCC(N)c1cccc(Br)c1. The molecule has 1 aromatic rings. The highest BCUT2D eigenvalue weighted by Gasteiger charge is 2.09. The van der Waals surface area contributed by atoms with Crippen molar-refractivity contribution in [3.05, 3.63) is 34.3 Å². The van der Waals surface area contributed by atoms with Crippen molar-refractivity contribution in [1.82, 2.24) is 4.90 Å². The van der Waals surface area contributed by atoms with Gasteiger partial charge in [0, 0.05) is 23.6 Å². The molecule has 0 spiro atoms. The molecule has 0 heterocycles. The van der Waals surface area contributed by atoms with E-state index in [9.17, 15) is 0 Å². The van der Waals surface area contributed by atoms with Gasteiger partial charge in [0.15, 0.2) is 0 Å². The van der Waals surface area contributed by atoms with E-state index in [-0.39, 0.29) is 12.6 Å². The van der Waals surface area contributed by atoms with Crippen molar-refractivity contribution in [3.63, 3.8) is 0 Å². The molecule has 1 unspecified atom stereocenters. The number of benzene rings is 1. The minimum atomic E-state index is 0.0559. The third-order valence-electron chi connectivity index (χ3n) is 3.28. The van der Waals surface area contributed by atoms with Crippen LogP contribution in [0.25, 0.3) is 0 Å². The maximum Gasteiger partial charge on any atom is 0.0558 e. The third-order valence-corrected chi connectivity index (χ3v) is 3.77. The van der Waals surface area contributed by atoms with Gasteiger partial charge in [0.1, 0.15) is 0 Å². The Morgan fingerprint density at radius 2 is 2.11 bits per heavy atom. The molecule has 4 heteroatoms. The summed E-state index contributed by atoms with van der Waals surface area (Å²) in [5, 5.41) is 9.08. The molecule has 1 rings (SSSR count). The second-order valence-electron chi connectivity index (χ2n) is 4.87. The fourth-order valence-electron chi connectivity index (χ4n) is 2.08. The Morgan fingerprint density at radius 1 is 1.32 bits per heavy atom. The lowest BCUT2D eigenvalue weighted by atomic mass is 10.0. The largest absolute Gasteiger partial charge is 0.395 e. The van der Waals surface area contributed by atoms with E-state index in [1.165, 1.54) is 12.8 Å². The van der Waals surface area contributed by atoms with E-state index in [1.54, 1.807) is 0 Å². The summed E-state index contributed by atoms with van der Waals surface area (Å²) in [5.74, 6) is 0. The molecular formula is C15H25BrN2O. The average molecular weight is 329 g/mol. The van der Waals surface area contributed by atoms with Crippen LogP contribution in [0.15, 0.2) is 28.7 Å². The molecule has 0 radical (unpaired) electrons. The summed E-state index contributed by atoms with van der Waals surface area (Å²) in [5.41, 5.74) is 7.39. The molecule has 0 saturated carbocycles. The van der Waals surface area contributed by atoms with Gasteiger partial charge in [0.25, 0.3) is 0 Å². The van der Waals surface area contributed by atoms with Gasteiger partial charge >= 0.3 is 0 Å². The first-order chi connectivity index (χ1) is 9.17. The number of hydrogen-bond acceptors (Lipinski definition) is 3. The molecule has 19 heavy (non-hydrogen) atoms. The van der Waals surface area contributed by atoms with Crippen molar-refractivity contribution in [1.29, 1.82) is 0 Å². The van der Waals surface area contributed by atoms with Gasteiger partial charge in [0.05, 0.1) is 6.61 Å². The second kappa shape index (κ2) is 9.48. The zero-order valence-corrected chi connectivity index (χ0v) is 13.3. The van der Waals surface area contributed by atoms with Crippen LogP contribution in [0.1, 0.15) is 37.8 Å². The number of nitrogens with two attached hydrogens (primary N) is 1. The standard InChI is InChI=1S/C15H25BrN2O/c1-2-3-8-18(10-11-19)9-7-15(17)13-5-4-6-14(16)12-13/h4-6,12,15,19H,2-3,7-11,17H2,1H3. The highest BCUT2D eigenvalue weighted by atomic mass is 79.9. The molecule has 0 aromatic heterocycles. The Kier molecular flexibility index (Phi) is 8.30. The quantitative estimate of drug-likeness (QED) is 0.732. The van der Waals surface area contributed by atoms with Crippen LogP contribution < -0.4 is 5.73 Å². The number of halogens is 1. The second-order valence-corrected chi connectivity index (χ2v) is 5.78. The molecule has 0 saturated heterocycles. The van der Waals surface area contributed by atoms with Crippen molar-refractivity contribution in [2.24, 2.45) is 5.73 Å². The lowest BCUT2D eigenvalue weighted by Gasteiger charge is -2.23. The molecule has 0 aliphatic carbocycles. The van der Waals surface area contributed by atoms with Crippen molar-refractivity contribution >= 4 is 15.9 Å². The molecular weight excluding hydrogens is 304 g/mol. The van der Waals surface area contributed by atoms with Crippen LogP contribution in [0.4, 0.5) is 0 Å². The number of aliphatic hydroxyl groups is 1. The van der Waals surface area contributed by atoms with Gasteiger partial charge in [-0.2, -0.15) is 0 Å². The van der Waals surface area contributed by atoms with Gasteiger partial charge in [-0.25, -0.2) is 0 Å². The molecule has 1 aromatic carbocycles. The first kappa shape index (κ1) is 16.6. The minimum Gasteiger partial charge on any atom is -0.395 e. The lowest BCUT2D eigenvalue weighted by molar-refractivity contribution is 0.189. The van der Waals surface area contributed by atoms with E-state index in [2.05, 4.69) is 39.9 Å². The zero-order chi connectivity index (χ0) is 14.1. The van der Waals surface area contributed by atoms with Gasteiger partial charge in [-0.05, 0) is 37.1 Å². The number of aliphatic hydroxyl groups excluding tert-OH is 1. The number of rotatable bonds is 9. The van der Waals surface area contributed by atoms with Crippen molar-refractivity contribution in [2.45, 2.75) is 32.2 Å². The van der Waals surface area contributed by atoms with E-state index in [4.69, 9.17) is 10.8 Å². The van der Waals surface area contributed by atoms with Crippen LogP contribution in [0.3, 0.4) is 0 Å². The molecule has 0 bridgehead atoms. The fourth-order valence-corrected chi connectivity index (χ4v) is 2.50. The molecule has 0 aliphatic rings. The summed E-state index contributed by atoms with van der Waals surface area (Å²) in [6.45, 7) is 5.13. The van der Waals surface area contributed by atoms with Crippen molar-refractivity contribution in [2.75, 3.05) is 26.2 Å². The predicted octanol–water partition coefficient (Wildman–Crippen LogP) is 2.93. The Hall–Kier alpha value is -0.420. The highest BCUT2D eigenvalue weighted by molar-refractivity contribution is 9.10. The number of nitrogens with zero attached hydrogens (tertiary/aromatic N) is 1. The summed E-state index contributed by atoms with van der Waals surface area (Å²) in [7, 11) is 0. The van der Waals surface area contributed by atoms with E-state index in [0.29, 0.717) is 0 Å². The van der Waals surface area contributed by atoms with Gasteiger partial charge in [0.2, 0.25) is 0 Å². The van der Waals surface area contributed by atoms with Crippen LogP contribution in [0.2, 0.25) is 0 Å². The topological polar surface area (TPSA) is 49.5 Å². The van der Waals surface area contributed by atoms with Crippen LogP contribution in [-0.2, 0) is 0 Å². The maximum atomic E-state index is 9.08. The minimum absolute atomic E-state index is 0.0559. The van der Waals surface area contributed by atoms with E-state index in [0.717, 1.165) is 36.1 Å². The van der Waals surface area contributed by atoms with Crippen molar-refractivity contribution < 1.29 is 5.11 Å². The van der Waals surface area contributed by atoms with Crippen LogP contribution in [0, 0.1) is 0 Å². The van der Waals surface area contributed by atoms with E-state index >= 15 is 0 Å². The first-order valence-electron chi connectivity index (χ1n) is 7.01. The molecule has 108 valence electrons. The van der Waals surface area contributed by atoms with Crippen LogP contribution in [-0.4, -0.2) is 36.2 Å². The van der Waals surface area contributed by atoms with Gasteiger partial charge < -0.3 is 15.7 Å². The summed E-state index contributed by atoms with van der Waals surface area (Å²) in [6.07, 6.45) is 3.27. The smallest absolute Gasteiger partial charge is 0.0558 e. The van der Waals surface area contributed by atoms with Crippen LogP contribution >= 0.6 is 15.9 Å². The fraction of sp³-hybridized carbons (Fsp3) is 0.600. The summed E-state index contributed by atoms with van der Waals surface area (Å²) in [6, 6.07) is 8.22. The highest BCUT2D eigenvalue weighted by Crippen LogP contribution is 2.19. The Bertz CT molecular complexity index is 360. The molecule has 0 aliphatic heterocycles. The first-order valence-corrected chi connectivity index (χ1v) is 7.81. The molecule has 3 N–H and O–H groups in total. The maximum absolute atomic E-state index is 9.08. The van der Waals surface area contributed by atoms with Gasteiger partial charge in [-0.15, -0.1) is 0 Å². The van der Waals surface area contributed by atoms with Crippen LogP contribution in [0.5, 0.6) is 0 Å². The van der Waals surface area contributed by atoms with E-state index < -0.39 is 0 Å². The van der Waals surface area contributed by atoms with Gasteiger partial charge in [-0.1, -0.05) is 41.4 Å². The van der Waals surface area contributed by atoms with Crippen molar-refractivity contribution in [3.8, 4) is 0 Å². The Balaban J connectivity index is 2.44. The van der Waals surface area contributed by atoms with E-state index in [1.807, 2.05) is 12.1 Å². The number of unbranched alkanes of at least 4 members (excludes halogenated alkanes) is 1. The Morgan fingerprint density at radius 3 is 2.74 bits per heavy atom. The number of hydrogen-bond donors (Lipinski definition) is 2. The predicted molar refractivity (Wildman–Crippen MR) is 84.1 cm³/mol. The normalized spacial score (nSPS) is 12.9. The third kappa shape index (κ3) is 6.52. The summed E-state index contributed by atoms with van der Waals surface area (Å²) >= 11 is 3.47. The molecule has 3 nitrogen and oxygen atoms in total. The van der Waals surface area contributed by atoms with Gasteiger partial charge in [-0.3, -0.25) is 0 Å². The lowest BCUT2D eigenvalue weighted by Crippen LogP contribution is -2.31. The molecule has 0 amide bonds. The Labute approximate surface area is 124 Å². The molecule has 1 atom stereocenters. The summed E-state index contributed by atoms with van der Waals surface area (Å²) < 4.78 is 1.07. The average Bonchev–Trinajstić information content (AvgIpc) is 2.41. The molecule has 0 fully saturated rings. The zero-order valence-electron chi connectivity index (χ0n) is 11.7. The summed E-state index contributed by atoms with van der Waals surface area (Å²) in [4.78, 5) is 2.29. The monoisotopic (exact) mass is 328 g/mol.